The molecule has 37 heavy (non-hydrogen) atoms. The zero-order chi connectivity index (χ0) is 26.8. The van der Waals surface area contributed by atoms with Crippen LogP contribution in [0.4, 0.5) is 5.69 Å². The van der Waals surface area contributed by atoms with E-state index in [4.69, 9.17) is 4.74 Å². The van der Waals surface area contributed by atoms with E-state index in [0.29, 0.717) is 27.3 Å². The van der Waals surface area contributed by atoms with Crippen molar-refractivity contribution in [2.24, 2.45) is 4.99 Å². The predicted octanol–water partition coefficient (Wildman–Crippen LogP) is 3.84. The number of thiazole rings is 1. The first-order valence-corrected chi connectivity index (χ1v) is 15.0. The molecule has 0 fully saturated rings. The van der Waals surface area contributed by atoms with Gasteiger partial charge in [0.1, 0.15) is 5.75 Å². The first-order valence-electron chi connectivity index (χ1n) is 10.8. The van der Waals surface area contributed by atoms with Crippen LogP contribution < -0.4 is 14.3 Å². The molecule has 0 aliphatic rings. The van der Waals surface area contributed by atoms with Gasteiger partial charge in [0.2, 0.25) is 0 Å². The standard InChI is InChI=1S/C25H23N3O6S3/c1-4-14-28-22-13-12-21(36(3,30)31)16-23(22)35-25(28)26-24(29)17-6-5-7-18(15-17)27-37(32,33)20-10-8-19(34-2)9-11-20/h4-13,15-16,27H,1,14H2,2-3H3. The Balaban J connectivity index is 1.68. The van der Waals surface area contributed by atoms with E-state index in [9.17, 15) is 21.6 Å². The second kappa shape index (κ2) is 10.3. The van der Waals surface area contributed by atoms with Gasteiger partial charge in [0.25, 0.3) is 15.9 Å². The molecule has 1 heterocycles. The largest absolute Gasteiger partial charge is 0.497 e. The topological polar surface area (TPSA) is 124 Å². The van der Waals surface area contributed by atoms with Crippen molar-refractivity contribution in [3.8, 4) is 5.75 Å². The highest BCUT2D eigenvalue weighted by molar-refractivity contribution is 7.92. The van der Waals surface area contributed by atoms with Crippen LogP contribution in [0.1, 0.15) is 10.4 Å². The van der Waals surface area contributed by atoms with Gasteiger partial charge in [-0.05, 0) is 60.7 Å². The molecule has 0 aliphatic heterocycles. The van der Waals surface area contributed by atoms with E-state index in [-0.39, 0.29) is 21.0 Å². The zero-order valence-corrected chi connectivity index (χ0v) is 22.4. The molecule has 192 valence electrons. The van der Waals surface area contributed by atoms with Gasteiger partial charge in [-0.15, -0.1) is 6.58 Å². The number of allylic oxidation sites excluding steroid dienone is 1. The number of carbonyl (C=O) groups is 1. The number of sulfonamides is 1. The van der Waals surface area contributed by atoms with Crippen molar-refractivity contribution in [2.45, 2.75) is 16.3 Å². The molecular weight excluding hydrogens is 534 g/mol. The normalized spacial score (nSPS) is 12.4. The molecule has 0 saturated heterocycles. The molecule has 1 amide bonds. The summed E-state index contributed by atoms with van der Waals surface area (Å²) in [4.78, 5) is 17.9. The highest BCUT2D eigenvalue weighted by atomic mass is 32.2. The maximum absolute atomic E-state index is 13.0. The minimum absolute atomic E-state index is 0.0407. The van der Waals surface area contributed by atoms with Gasteiger partial charge in [0.15, 0.2) is 14.6 Å². The van der Waals surface area contributed by atoms with Crippen molar-refractivity contribution < 1.29 is 26.4 Å². The number of nitrogens with zero attached hydrogens (tertiary/aromatic N) is 2. The Bertz CT molecular complexity index is 1790. The SMILES string of the molecule is C=CCn1c(=NC(=O)c2cccc(NS(=O)(=O)c3ccc(OC)cc3)c2)sc2cc(S(C)(=O)=O)ccc21. The van der Waals surface area contributed by atoms with E-state index < -0.39 is 25.8 Å². The molecule has 4 rings (SSSR count). The fraction of sp³-hybridized carbons (Fsp3) is 0.120. The van der Waals surface area contributed by atoms with E-state index in [0.717, 1.165) is 6.26 Å². The van der Waals surface area contributed by atoms with Crippen LogP contribution in [0, 0.1) is 0 Å². The van der Waals surface area contributed by atoms with Crippen LogP contribution in [0.15, 0.2) is 94.2 Å². The molecule has 0 atom stereocenters. The predicted molar refractivity (Wildman–Crippen MR) is 143 cm³/mol. The molecule has 0 unspecified atom stereocenters. The summed E-state index contributed by atoms with van der Waals surface area (Å²) in [6.45, 7) is 4.10. The fourth-order valence-electron chi connectivity index (χ4n) is 3.51. The van der Waals surface area contributed by atoms with Gasteiger partial charge in [0, 0.05) is 24.1 Å². The minimum Gasteiger partial charge on any atom is -0.497 e. The summed E-state index contributed by atoms with van der Waals surface area (Å²) >= 11 is 1.17. The lowest BCUT2D eigenvalue weighted by atomic mass is 10.2. The van der Waals surface area contributed by atoms with E-state index in [1.807, 2.05) is 0 Å². The molecule has 0 spiro atoms. The van der Waals surface area contributed by atoms with E-state index in [1.54, 1.807) is 28.8 Å². The van der Waals surface area contributed by atoms with Crippen LogP contribution in [0.25, 0.3) is 10.2 Å². The summed E-state index contributed by atoms with van der Waals surface area (Å²) in [5.41, 5.74) is 1.09. The number of rotatable bonds is 8. The summed E-state index contributed by atoms with van der Waals surface area (Å²) in [5, 5.41) is 0. The summed E-state index contributed by atoms with van der Waals surface area (Å²) in [7, 11) is -5.81. The Morgan fingerprint density at radius 3 is 2.41 bits per heavy atom. The number of ether oxygens (including phenoxy) is 1. The number of hydrogen-bond acceptors (Lipinski definition) is 7. The molecule has 0 bridgehead atoms. The Morgan fingerprint density at radius 1 is 1.05 bits per heavy atom. The number of amides is 1. The van der Waals surface area contributed by atoms with Gasteiger partial charge < -0.3 is 9.30 Å². The summed E-state index contributed by atoms with van der Waals surface area (Å²) in [6.07, 6.45) is 2.78. The van der Waals surface area contributed by atoms with E-state index in [1.165, 1.54) is 67.0 Å². The quantitative estimate of drug-likeness (QED) is 0.328. The highest BCUT2D eigenvalue weighted by Gasteiger charge is 2.16. The second-order valence-electron chi connectivity index (χ2n) is 7.96. The van der Waals surface area contributed by atoms with Crippen LogP contribution >= 0.6 is 11.3 Å². The number of sulfone groups is 1. The maximum atomic E-state index is 13.0. The van der Waals surface area contributed by atoms with Crippen molar-refractivity contribution in [2.75, 3.05) is 18.1 Å². The van der Waals surface area contributed by atoms with Gasteiger partial charge in [-0.3, -0.25) is 9.52 Å². The number of carbonyl (C=O) groups excluding carboxylic acids is 1. The lowest BCUT2D eigenvalue weighted by Crippen LogP contribution is -2.16. The van der Waals surface area contributed by atoms with Crippen molar-refractivity contribution in [1.29, 1.82) is 0 Å². The first-order chi connectivity index (χ1) is 17.5. The molecule has 1 N–H and O–H groups in total. The first kappa shape index (κ1) is 26.3. The van der Waals surface area contributed by atoms with Crippen LogP contribution in [0.2, 0.25) is 0 Å². The van der Waals surface area contributed by atoms with Crippen LogP contribution in [0.5, 0.6) is 5.75 Å². The Morgan fingerprint density at radius 2 is 1.76 bits per heavy atom. The highest BCUT2D eigenvalue weighted by Crippen LogP contribution is 2.23. The molecule has 9 nitrogen and oxygen atoms in total. The van der Waals surface area contributed by atoms with Gasteiger partial charge in [-0.25, -0.2) is 16.8 Å². The maximum Gasteiger partial charge on any atom is 0.279 e. The number of benzene rings is 3. The lowest BCUT2D eigenvalue weighted by Gasteiger charge is -2.09. The third-order valence-corrected chi connectivity index (χ3v) is 8.87. The molecule has 1 aromatic heterocycles. The third kappa shape index (κ3) is 5.82. The van der Waals surface area contributed by atoms with E-state index >= 15 is 0 Å². The molecule has 4 aromatic rings. The van der Waals surface area contributed by atoms with Crippen LogP contribution in [-0.2, 0) is 26.4 Å². The second-order valence-corrected chi connectivity index (χ2v) is 12.7. The molecule has 0 aliphatic carbocycles. The van der Waals surface area contributed by atoms with Gasteiger partial charge >= 0.3 is 0 Å². The Labute approximate surface area is 218 Å². The summed E-state index contributed by atoms with van der Waals surface area (Å²) in [6, 6.07) is 16.7. The smallest absolute Gasteiger partial charge is 0.279 e. The lowest BCUT2D eigenvalue weighted by molar-refractivity contribution is 0.0998. The molecule has 12 heteroatoms. The van der Waals surface area contributed by atoms with Gasteiger partial charge in [-0.2, -0.15) is 4.99 Å². The van der Waals surface area contributed by atoms with Crippen molar-refractivity contribution in [1.82, 2.24) is 4.57 Å². The van der Waals surface area contributed by atoms with Crippen molar-refractivity contribution >= 4 is 53.0 Å². The minimum atomic E-state index is -3.90. The van der Waals surface area contributed by atoms with Gasteiger partial charge in [0.05, 0.1) is 27.1 Å². The third-order valence-electron chi connectivity index (χ3n) is 5.32. The number of nitrogens with one attached hydrogen (secondary N) is 1. The fourth-order valence-corrected chi connectivity index (χ4v) is 6.36. The Kier molecular flexibility index (Phi) is 7.35. The zero-order valence-electron chi connectivity index (χ0n) is 19.9. The van der Waals surface area contributed by atoms with E-state index in [2.05, 4.69) is 16.3 Å². The molecular formula is C25H23N3O6S3. The van der Waals surface area contributed by atoms with Crippen LogP contribution in [-0.4, -0.2) is 40.7 Å². The molecule has 0 radical (unpaired) electrons. The summed E-state index contributed by atoms with van der Waals surface area (Å²) in [5.74, 6) is -0.0613. The Hall–Kier alpha value is -3.74. The number of anilines is 1. The number of aromatic nitrogens is 1. The monoisotopic (exact) mass is 557 g/mol. The average Bonchev–Trinajstić information content (AvgIpc) is 3.19. The molecule has 0 saturated carbocycles. The molecule has 3 aromatic carbocycles. The number of hydrogen-bond donors (Lipinski definition) is 1. The number of methoxy groups -OCH3 is 1. The van der Waals surface area contributed by atoms with Crippen molar-refractivity contribution in [3.63, 3.8) is 0 Å². The van der Waals surface area contributed by atoms with Gasteiger partial charge in [-0.1, -0.05) is 23.5 Å². The number of fused-ring (bicyclic) bond motifs is 1. The average molecular weight is 558 g/mol. The van der Waals surface area contributed by atoms with Crippen molar-refractivity contribution in [3.05, 3.63) is 89.7 Å². The summed E-state index contributed by atoms with van der Waals surface area (Å²) < 4.78 is 59.4. The van der Waals surface area contributed by atoms with Crippen LogP contribution in [0.3, 0.4) is 0 Å².